The van der Waals surface area contributed by atoms with Gasteiger partial charge in [0.05, 0.1) is 6.42 Å². The number of nitrogens with one attached hydrogen (secondary N) is 1. The number of carbonyl (C=O) groups is 3. The van der Waals surface area contributed by atoms with Gasteiger partial charge in [-0.25, -0.2) is 4.79 Å². The molecule has 2 aromatic carbocycles. The van der Waals surface area contributed by atoms with Crippen LogP contribution in [0.3, 0.4) is 0 Å². The van der Waals surface area contributed by atoms with Crippen molar-refractivity contribution in [3.63, 3.8) is 0 Å². The number of carbonyl (C=O) groups excluding carboxylic acids is 1. The van der Waals surface area contributed by atoms with Crippen molar-refractivity contribution in [2.75, 3.05) is 0 Å². The summed E-state index contributed by atoms with van der Waals surface area (Å²) in [6, 6.07) is 15.8. The molecule has 0 aliphatic carbocycles. The van der Waals surface area contributed by atoms with E-state index in [9.17, 15) is 14.4 Å². The van der Waals surface area contributed by atoms with Gasteiger partial charge in [0.25, 0.3) is 0 Å². The van der Waals surface area contributed by atoms with Gasteiger partial charge in [-0.3, -0.25) is 9.59 Å². The van der Waals surface area contributed by atoms with Gasteiger partial charge in [0, 0.05) is 6.08 Å². The van der Waals surface area contributed by atoms with Crippen LogP contribution in [0.4, 0.5) is 0 Å². The van der Waals surface area contributed by atoms with Gasteiger partial charge in [0.2, 0.25) is 5.91 Å². The van der Waals surface area contributed by atoms with Crippen molar-refractivity contribution in [1.82, 2.24) is 5.32 Å². The van der Waals surface area contributed by atoms with Gasteiger partial charge in [-0.15, -0.1) is 0 Å². The fourth-order valence-corrected chi connectivity index (χ4v) is 2.18. The Morgan fingerprint density at radius 2 is 1.52 bits per heavy atom. The first-order valence-corrected chi connectivity index (χ1v) is 7.54. The summed E-state index contributed by atoms with van der Waals surface area (Å²) in [7, 11) is 0. The van der Waals surface area contributed by atoms with Crippen molar-refractivity contribution in [2.24, 2.45) is 0 Å². The lowest BCUT2D eigenvalue weighted by Crippen LogP contribution is -2.41. The first-order chi connectivity index (χ1) is 12.0. The van der Waals surface area contributed by atoms with E-state index >= 15 is 0 Å². The highest BCUT2D eigenvalue weighted by molar-refractivity contribution is 5.95. The summed E-state index contributed by atoms with van der Waals surface area (Å²) < 4.78 is 0. The van der Waals surface area contributed by atoms with Crippen molar-refractivity contribution < 1.29 is 24.6 Å². The Morgan fingerprint density at radius 1 is 0.920 bits per heavy atom. The van der Waals surface area contributed by atoms with E-state index in [4.69, 9.17) is 10.2 Å². The minimum absolute atomic E-state index is 0.666. The average molecular weight is 339 g/mol. The van der Waals surface area contributed by atoms with E-state index in [-0.39, 0.29) is 0 Å². The third-order valence-corrected chi connectivity index (χ3v) is 3.44. The van der Waals surface area contributed by atoms with Crippen molar-refractivity contribution in [3.8, 4) is 11.1 Å². The number of benzene rings is 2. The lowest BCUT2D eigenvalue weighted by Gasteiger charge is -2.10. The van der Waals surface area contributed by atoms with E-state index in [2.05, 4.69) is 5.32 Å². The van der Waals surface area contributed by atoms with E-state index in [0.29, 0.717) is 0 Å². The molecule has 0 fully saturated rings. The summed E-state index contributed by atoms with van der Waals surface area (Å²) in [5, 5.41) is 19.7. The molecule has 1 amide bonds. The molecule has 128 valence electrons. The van der Waals surface area contributed by atoms with E-state index < -0.39 is 30.3 Å². The van der Waals surface area contributed by atoms with Gasteiger partial charge >= 0.3 is 11.9 Å². The van der Waals surface area contributed by atoms with Crippen LogP contribution >= 0.6 is 0 Å². The maximum atomic E-state index is 11.7. The maximum Gasteiger partial charge on any atom is 0.326 e. The number of carboxylic acids is 2. The summed E-state index contributed by atoms with van der Waals surface area (Å²) in [5.41, 5.74) is 2.88. The van der Waals surface area contributed by atoms with Crippen LogP contribution < -0.4 is 5.32 Å². The molecule has 0 saturated carbocycles. The van der Waals surface area contributed by atoms with Gasteiger partial charge in [-0.2, -0.15) is 0 Å². The van der Waals surface area contributed by atoms with Gasteiger partial charge in [0.1, 0.15) is 6.04 Å². The molecule has 0 heterocycles. The molecule has 0 unspecified atom stereocenters. The minimum atomic E-state index is -1.46. The fraction of sp³-hybridized carbons (Fsp3) is 0.105. The van der Waals surface area contributed by atoms with E-state index in [1.165, 1.54) is 12.2 Å². The molecule has 0 saturated heterocycles. The Balaban J connectivity index is 2.00. The number of carboxylic acid groups (broad SMARTS) is 2. The maximum absolute atomic E-state index is 11.7. The summed E-state index contributed by atoms with van der Waals surface area (Å²) in [5.74, 6) is -3.36. The van der Waals surface area contributed by atoms with Gasteiger partial charge < -0.3 is 15.5 Å². The van der Waals surface area contributed by atoms with Crippen LogP contribution in [-0.2, 0) is 14.4 Å². The third kappa shape index (κ3) is 5.62. The average Bonchev–Trinajstić information content (AvgIpc) is 2.60. The predicted molar refractivity (Wildman–Crippen MR) is 92.7 cm³/mol. The number of hydrogen-bond donors (Lipinski definition) is 3. The highest BCUT2D eigenvalue weighted by Gasteiger charge is 2.21. The molecule has 1 atom stereocenters. The molecule has 6 nitrogen and oxygen atoms in total. The molecule has 0 aliphatic rings. The minimum Gasteiger partial charge on any atom is -0.481 e. The molecule has 2 aromatic rings. The summed E-state index contributed by atoms with van der Waals surface area (Å²) in [4.78, 5) is 33.3. The zero-order chi connectivity index (χ0) is 18.2. The standard InChI is InChI=1S/C19H17NO5/c21-17(20-16(19(24)25)12-18(22)23)11-8-13-6-9-15(10-7-13)14-4-2-1-3-5-14/h1-11,16H,12H2,(H,20,21)(H,22,23)(H,24,25)/b11-8+/t16-/m0/s1. The Labute approximate surface area is 144 Å². The van der Waals surface area contributed by atoms with Crippen LogP contribution in [0.5, 0.6) is 0 Å². The predicted octanol–water partition coefficient (Wildman–Crippen LogP) is 2.41. The Kier molecular flexibility index (Phi) is 6.06. The lowest BCUT2D eigenvalue weighted by molar-refractivity contribution is -0.146. The highest BCUT2D eigenvalue weighted by atomic mass is 16.4. The van der Waals surface area contributed by atoms with Crippen molar-refractivity contribution in [1.29, 1.82) is 0 Å². The largest absolute Gasteiger partial charge is 0.481 e. The lowest BCUT2D eigenvalue weighted by atomic mass is 10.0. The van der Waals surface area contributed by atoms with Crippen LogP contribution in [-0.4, -0.2) is 34.1 Å². The van der Waals surface area contributed by atoms with Gasteiger partial charge in [0.15, 0.2) is 0 Å². The van der Waals surface area contributed by atoms with Crippen molar-refractivity contribution in [2.45, 2.75) is 12.5 Å². The normalized spacial score (nSPS) is 11.8. The molecular formula is C19H17NO5. The molecule has 2 rings (SSSR count). The molecule has 0 aromatic heterocycles. The van der Waals surface area contributed by atoms with E-state index in [1.54, 1.807) is 0 Å². The molecular weight excluding hydrogens is 322 g/mol. The van der Waals surface area contributed by atoms with E-state index in [1.807, 2.05) is 54.6 Å². The van der Waals surface area contributed by atoms with Crippen LogP contribution in [0.25, 0.3) is 17.2 Å². The van der Waals surface area contributed by atoms with E-state index in [0.717, 1.165) is 16.7 Å². The second-order valence-electron chi connectivity index (χ2n) is 5.32. The summed E-state index contributed by atoms with van der Waals surface area (Å²) >= 11 is 0. The SMILES string of the molecule is O=C(O)C[C@H](NC(=O)/C=C/c1ccc(-c2ccccc2)cc1)C(=O)O. The molecule has 0 radical (unpaired) electrons. The zero-order valence-electron chi connectivity index (χ0n) is 13.3. The van der Waals surface area contributed by atoms with Crippen LogP contribution in [0.15, 0.2) is 60.7 Å². The second kappa shape index (κ2) is 8.44. The topological polar surface area (TPSA) is 104 Å². The number of aliphatic carboxylic acids is 2. The first-order valence-electron chi connectivity index (χ1n) is 7.54. The number of hydrogen-bond acceptors (Lipinski definition) is 3. The molecule has 0 bridgehead atoms. The molecule has 0 aliphatic heterocycles. The van der Waals surface area contributed by atoms with Crippen LogP contribution in [0.1, 0.15) is 12.0 Å². The van der Waals surface area contributed by atoms with Crippen LogP contribution in [0.2, 0.25) is 0 Å². The molecule has 25 heavy (non-hydrogen) atoms. The molecule has 3 N–H and O–H groups in total. The Hall–Kier alpha value is -3.41. The summed E-state index contributed by atoms with van der Waals surface area (Å²) in [6.45, 7) is 0. The fourth-order valence-electron chi connectivity index (χ4n) is 2.18. The van der Waals surface area contributed by atoms with Crippen molar-refractivity contribution in [3.05, 3.63) is 66.2 Å². The quantitative estimate of drug-likeness (QED) is 0.672. The second-order valence-corrected chi connectivity index (χ2v) is 5.32. The Morgan fingerprint density at radius 3 is 2.08 bits per heavy atom. The van der Waals surface area contributed by atoms with Crippen molar-refractivity contribution >= 4 is 23.9 Å². The number of rotatable bonds is 7. The Bertz CT molecular complexity index is 781. The smallest absolute Gasteiger partial charge is 0.326 e. The first kappa shape index (κ1) is 17.9. The van der Waals surface area contributed by atoms with Crippen LogP contribution in [0, 0.1) is 0 Å². The molecule has 6 heteroatoms. The zero-order valence-corrected chi connectivity index (χ0v) is 13.3. The monoisotopic (exact) mass is 339 g/mol. The third-order valence-electron chi connectivity index (χ3n) is 3.44. The van der Waals surface area contributed by atoms with Gasteiger partial charge in [-0.05, 0) is 22.8 Å². The highest BCUT2D eigenvalue weighted by Crippen LogP contribution is 2.19. The van der Waals surface area contributed by atoms with Gasteiger partial charge in [-0.1, -0.05) is 54.6 Å². The number of amides is 1. The molecule has 0 spiro atoms. The summed E-state index contributed by atoms with van der Waals surface area (Å²) in [6.07, 6.45) is 2.03.